The molecule has 1 aliphatic rings. The Kier molecular flexibility index (Phi) is 5.40. The summed E-state index contributed by atoms with van der Waals surface area (Å²) in [6, 6.07) is 8.10. The average molecular weight is 288 g/mol. The summed E-state index contributed by atoms with van der Waals surface area (Å²) in [5.74, 6) is 0.371. The lowest BCUT2D eigenvalue weighted by molar-refractivity contribution is -0.120. The normalized spacial score (nSPS) is 17.3. The van der Waals surface area contributed by atoms with Crippen molar-refractivity contribution in [3.05, 3.63) is 29.8 Å². The first-order chi connectivity index (χ1) is 10.0. The molecule has 1 aliphatic carbocycles. The van der Waals surface area contributed by atoms with E-state index in [4.69, 9.17) is 5.73 Å². The zero-order valence-corrected chi connectivity index (χ0v) is 13.3. The fraction of sp³-hybridized carbons (Fsp3) is 0.611. The van der Waals surface area contributed by atoms with E-state index >= 15 is 0 Å². The molecule has 2 rings (SSSR count). The van der Waals surface area contributed by atoms with Gasteiger partial charge in [-0.15, -0.1) is 0 Å². The molecule has 0 aliphatic heterocycles. The summed E-state index contributed by atoms with van der Waals surface area (Å²) in [5, 5.41) is 3.07. The maximum absolute atomic E-state index is 12.3. The summed E-state index contributed by atoms with van der Waals surface area (Å²) < 4.78 is 0. The molecule has 116 valence electrons. The molecule has 0 aromatic heterocycles. The first-order valence-electron chi connectivity index (χ1n) is 8.14. The van der Waals surface area contributed by atoms with Gasteiger partial charge < -0.3 is 11.1 Å². The quantitative estimate of drug-likeness (QED) is 0.827. The molecule has 1 saturated carbocycles. The average Bonchev–Trinajstić information content (AvgIpc) is 2.77. The summed E-state index contributed by atoms with van der Waals surface area (Å²) >= 11 is 0. The molecule has 0 spiro atoms. The summed E-state index contributed by atoms with van der Waals surface area (Å²) in [6.45, 7) is 4.87. The lowest BCUT2D eigenvalue weighted by Gasteiger charge is -2.23. The van der Waals surface area contributed by atoms with E-state index in [-0.39, 0.29) is 17.2 Å². The van der Waals surface area contributed by atoms with E-state index in [2.05, 4.69) is 31.3 Å². The third-order valence-electron chi connectivity index (χ3n) is 4.67. The highest BCUT2D eigenvalue weighted by molar-refractivity contribution is 5.92. The maximum Gasteiger partial charge on any atom is 0.227 e. The van der Waals surface area contributed by atoms with Crippen molar-refractivity contribution in [2.24, 2.45) is 11.7 Å². The highest BCUT2D eigenvalue weighted by Crippen LogP contribution is 2.26. The molecule has 1 amide bonds. The zero-order chi connectivity index (χ0) is 15.3. The molecule has 1 fully saturated rings. The van der Waals surface area contributed by atoms with Crippen LogP contribution in [0, 0.1) is 5.92 Å². The van der Waals surface area contributed by atoms with Crippen LogP contribution in [0.2, 0.25) is 0 Å². The number of hydrogen-bond donors (Lipinski definition) is 2. The highest BCUT2D eigenvalue weighted by Gasteiger charge is 2.21. The van der Waals surface area contributed by atoms with Crippen LogP contribution in [-0.4, -0.2) is 12.5 Å². The number of carbonyl (C=O) groups excluding carboxylic acids is 1. The van der Waals surface area contributed by atoms with Crippen molar-refractivity contribution in [1.29, 1.82) is 0 Å². The van der Waals surface area contributed by atoms with Crippen molar-refractivity contribution in [3.8, 4) is 0 Å². The molecule has 0 radical (unpaired) electrons. The van der Waals surface area contributed by atoms with Crippen LogP contribution >= 0.6 is 0 Å². The smallest absolute Gasteiger partial charge is 0.227 e. The number of rotatable bonds is 4. The van der Waals surface area contributed by atoms with Gasteiger partial charge in [0.1, 0.15) is 0 Å². The molecule has 0 saturated heterocycles. The van der Waals surface area contributed by atoms with Gasteiger partial charge in [-0.1, -0.05) is 51.7 Å². The first kappa shape index (κ1) is 16.0. The predicted molar refractivity (Wildman–Crippen MR) is 88.3 cm³/mol. The van der Waals surface area contributed by atoms with Gasteiger partial charge in [-0.3, -0.25) is 4.79 Å². The van der Waals surface area contributed by atoms with Crippen LogP contribution < -0.4 is 11.1 Å². The molecule has 3 nitrogen and oxygen atoms in total. The molecule has 3 N–H and O–H groups in total. The van der Waals surface area contributed by atoms with E-state index in [1.54, 1.807) is 0 Å². The fourth-order valence-corrected chi connectivity index (χ4v) is 2.91. The van der Waals surface area contributed by atoms with Crippen molar-refractivity contribution in [2.45, 2.75) is 57.8 Å². The minimum atomic E-state index is -0.0240. The Morgan fingerprint density at radius 3 is 2.24 bits per heavy atom. The molecular formula is C18H28N2O. The van der Waals surface area contributed by atoms with Gasteiger partial charge in [0.25, 0.3) is 0 Å². The third-order valence-corrected chi connectivity index (χ3v) is 4.67. The summed E-state index contributed by atoms with van der Waals surface area (Å²) in [6.07, 6.45) is 6.97. The Morgan fingerprint density at radius 1 is 1.14 bits per heavy atom. The van der Waals surface area contributed by atoms with Crippen LogP contribution in [0.15, 0.2) is 24.3 Å². The number of anilines is 1. The summed E-state index contributed by atoms with van der Waals surface area (Å²) in [7, 11) is 0. The summed E-state index contributed by atoms with van der Waals surface area (Å²) in [4.78, 5) is 12.3. The van der Waals surface area contributed by atoms with E-state index in [9.17, 15) is 4.79 Å². The molecule has 0 bridgehead atoms. The van der Waals surface area contributed by atoms with E-state index in [1.807, 2.05) is 12.1 Å². The second kappa shape index (κ2) is 7.08. The van der Waals surface area contributed by atoms with Gasteiger partial charge in [0.15, 0.2) is 0 Å². The molecule has 3 heteroatoms. The SMILES string of the molecule is CC(C)(CN)c1ccc(NC(=O)C2CCCCCC2)cc1. The first-order valence-corrected chi connectivity index (χ1v) is 8.14. The topological polar surface area (TPSA) is 55.1 Å². The maximum atomic E-state index is 12.3. The van der Waals surface area contributed by atoms with Crippen LogP contribution in [0.1, 0.15) is 57.9 Å². The van der Waals surface area contributed by atoms with Crippen LogP contribution in [-0.2, 0) is 10.2 Å². The molecule has 0 heterocycles. The second-order valence-corrected chi connectivity index (χ2v) is 6.84. The highest BCUT2D eigenvalue weighted by atomic mass is 16.1. The fourth-order valence-electron chi connectivity index (χ4n) is 2.91. The summed E-state index contributed by atoms with van der Waals surface area (Å²) in [5.41, 5.74) is 7.87. The Labute approximate surface area is 128 Å². The van der Waals surface area contributed by atoms with Crippen molar-refractivity contribution in [3.63, 3.8) is 0 Å². The standard InChI is InChI=1S/C18H28N2O/c1-18(2,13-19)15-9-11-16(12-10-15)20-17(21)14-7-5-3-4-6-8-14/h9-12,14H,3-8,13,19H2,1-2H3,(H,20,21). The molecule has 0 atom stereocenters. The van der Waals surface area contributed by atoms with Gasteiger partial charge in [-0.2, -0.15) is 0 Å². The number of nitrogens with one attached hydrogen (secondary N) is 1. The van der Waals surface area contributed by atoms with Gasteiger partial charge in [-0.25, -0.2) is 0 Å². The van der Waals surface area contributed by atoms with Gasteiger partial charge in [0, 0.05) is 23.6 Å². The van der Waals surface area contributed by atoms with Crippen LogP contribution in [0.5, 0.6) is 0 Å². The number of hydrogen-bond acceptors (Lipinski definition) is 2. The molecule has 0 unspecified atom stereocenters. The number of nitrogens with two attached hydrogens (primary N) is 1. The number of amides is 1. The van der Waals surface area contributed by atoms with Gasteiger partial charge in [-0.05, 0) is 30.5 Å². The van der Waals surface area contributed by atoms with Gasteiger partial charge >= 0.3 is 0 Å². The van der Waals surface area contributed by atoms with Crippen molar-refractivity contribution in [2.75, 3.05) is 11.9 Å². The van der Waals surface area contributed by atoms with Gasteiger partial charge in [0.05, 0.1) is 0 Å². The Morgan fingerprint density at radius 2 is 1.71 bits per heavy atom. The Bertz CT molecular complexity index is 457. The van der Waals surface area contributed by atoms with Crippen LogP contribution in [0.25, 0.3) is 0 Å². The lowest BCUT2D eigenvalue weighted by atomic mass is 9.85. The minimum Gasteiger partial charge on any atom is -0.330 e. The Hall–Kier alpha value is -1.35. The largest absolute Gasteiger partial charge is 0.330 e. The Balaban J connectivity index is 1.98. The molecular weight excluding hydrogens is 260 g/mol. The van der Waals surface area contributed by atoms with Crippen molar-refractivity contribution >= 4 is 11.6 Å². The van der Waals surface area contributed by atoms with Crippen molar-refractivity contribution < 1.29 is 4.79 Å². The van der Waals surface area contributed by atoms with Gasteiger partial charge in [0.2, 0.25) is 5.91 Å². The van der Waals surface area contributed by atoms with Crippen LogP contribution in [0.4, 0.5) is 5.69 Å². The number of benzene rings is 1. The minimum absolute atomic E-state index is 0.0240. The number of carbonyl (C=O) groups is 1. The van der Waals surface area contributed by atoms with Crippen LogP contribution in [0.3, 0.4) is 0 Å². The zero-order valence-electron chi connectivity index (χ0n) is 13.3. The van der Waals surface area contributed by atoms with E-state index < -0.39 is 0 Å². The van der Waals surface area contributed by atoms with Crippen molar-refractivity contribution in [1.82, 2.24) is 0 Å². The third kappa shape index (κ3) is 4.31. The van der Waals surface area contributed by atoms with E-state index in [1.165, 1.54) is 31.2 Å². The van der Waals surface area contributed by atoms with E-state index in [0.29, 0.717) is 6.54 Å². The molecule has 1 aromatic carbocycles. The molecule has 21 heavy (non-hydrogen) atoms. The van der Waals surface area contributed by atoms with E-state index in [0.717, 1.165) is 18.5 Å². The molecule has 1 aromatic rings. The second-order valence-electron chi connectivity index (χ2n) is 6.84. The predicted octanol–water partition coefficient (Wildman–Crippen LogP) is 3.83. The lowest BCUT2D eigenvalue weighted by Crippen LogP contribution is -2.28. The monoisotopic (exact) mass is 288 g/mol.